The van der Waals surface area contributed by atoms with Gasteiger partial charge in [-0.15, -0.1) is 0 Å². The molecule has 0 bridgehead atoms. The molecule has 1 aromatic carbocycles. The van der Waals surface area contributed by atoms with E-state index in [0.29, 0.717) is 17.6 Å². The van der Waals surface area contributed by atoms with E-state index in [0.717, 1.165) is 75.5 Å². The van der Waals surface area contributed by atoms with E-state index in [1.807, 2.05) is 18.3 Å². The van der Waals surface area contributed by atoms with Crippen LogP contribution in [0.25, 0.3) is 10.9 Å². The lowest BCUT2D eigenvalue weighted by molar-refractivity contribution is 0.0356. The molecule has 204 valence electrons. The maximum absolute atomic E-state index is 9.56. The molecule has 3 fully saturated rings. The minimum Gasteiger partial charge on any atom is -0.378 e. The number of rotatable bonds is 6. The van der Waals surface area contributed by atoms with Crippen molar-refractivity contribution in [1.29, 1.82) is 5.26 Å². The molecule has 3 aliphatic rings. The number of nitriles is 1. The fourth-order valence-corrected chi connectivity index (χ4v) is 6.63. The van der Waals surface area contributed by atoms with Crippen LogP contribution in [0.5, 0.6) is 0 Å². The van der Waals surface area contributed by atoms with Gasteiger partial charge in [0.05, 0.1) is 23.2 Å². The number of piperazine rings is 2. The number of hydrogen-bond acceptors (Lipinski definition) is 9. The smallest absolute Gasteiger partial charge is 0.128 e. The summed E-state index contributed by atoms with van der Waals surface area (Å²) in [6, 6.07) is 15.7. The Labute approximate surface area is 230 Å². The summed E-state index contributed by atoms with van der Waals surface area (Å²) in [5, 5.41) is 10.6. The highest BCUT2D eigenvalue weighted by atomic mass is 16.5. The molecule has 0 unspecified atom stereocenters. The molecule has 0 saturated carbocycles. The van der Waals surface area contributed by atoms with Crippen LogP contribution in [0.4, 0.5) is 11.5 Å². The van der Waals surface area contributed by atoms with Crippen molar-refractivity contribution in [2.24, 2.45) is 5.73 Å². The SMILES string of the molecule is CO[C@H]1CN(c2ccc(CCN3CCN4[C@@H](C3)CN(c3ccc(C#N)c5ncccc35)C[C@H]4C)cn2)C[C@@H]1N. The van der Waals surface area contributed by atoms with Gasteiger partial charge in [0.25, 0.3) is 0 Å². The Bertz CT molecular complexity index is 1340. The molecule has 39 heavy (non-hydrogen) atoms. The molecule has 5 heterocycles. The largest absolute Gasteiger partial charge is 0.378 e. The third-order valence-electron chi connectivity index (χ3n) is 8.76. The molecule has 9 heteroatoms. The van der Waals surface area contributed by atoms with Gasteiger partial charge in [-0.25, -0.2) is 4.98 Å². The monoisotopic (exact) mass is 526 g/mol. The van der Waals surface area contributed by atoms with Gasteiger partial charge in [-0.05, 0) is 49.2 Å². The first-order valence-electron chi connectivity index (χ1n) is 14.0. The number of aromatic nitrogens is 2. The number of nitrogens with zero attached hydrogens (tertiary/aromatic N) is 7. The van der Waals surface area contributed by atoms with E-state index in [9.17, 15) is 5.26 Å². The Morgan fingerprint density at radius 3 is 2.69 bits per heavy atom. The summed E-state index contributed by atoms with van der Waals surface area (Å²) in [5.41, 5.74) is 10.1. The van der Waals surface area contributed by atoms with Crippen LogP contribution in [-0.4, -0.2) is 103 Å². The van der Waals surface area contributed by atoms with Gasteiger partial charge in [0, 0.05) is 95.0 Å². The summed E-state index contributed by atoms with van der Waals surface area (Å²) in [6.45, 7) is 10.2. The lowest BCUT2D eigenvalue weighted by Gasteiger charge is -2.51. The second kappa shape index (κ2) is 11.1. The van der Waals surface area contributed by atoms with Crippen molar-refractivity contribution >= 4 is 22.4 Å². The highest BCUT2D eigenvalue weighted by Crippen LogP contribution is 2.32. The summed E-state index contributed by atoms with van der Waals surface area (Å²) >= 11 is 0. The van der Waals surface area contributed by atoms with E-state index in [1.54, 1.807) is 13.3 Å². The molecule has 3 aliphatic heterocycles. The first-order valence-corrected chi connectivity index (χ1v) is 14.0. The van der Waals surface area contributed by atoms with Gasteiger partial charge in [0.2, 0.25) is 0 Å². The van der Waals surface area contributed by atoms with E-state index in [1.165, 1.54) is 11.3 Å². The number of anilines is 2. The molecule has 3 saturated heterocycles. The van der Waals surface area contributed by atoms with Crippen LogP contribution in [0.15, 0.2) is 48.8 Å². The summed E-state index contributed by atoms with van der Waals surface area (Å²) < 4.78 is 5.49. The highest BCUT2D eigenvalue weighted by molar-refractivity contribution is 5.95. The van der Waals surface area contributed by atoms with E-state index in [-0.39, 0.29) is 12.1 Å². The topological polar surface area (TPSA) is 97.8 Å². The van der Waals surface area contributed by atoms with Crippen molar-refractivity contribution in [2.75, 3.05) is 69.3 Å². The van der Waals surface area contributed by atoms with Crippen molar-refractivity contribution < 1.29 is 4.74 Å². The number of benzene rings is 1. The first-order chi connectivity index (χ1) is 19.0. The molecule has 4 atom stereocenters. The average Bonchev–Trinajstić information content (AvgIpc) is 3.36. The first kappa shape index (κ1) is 26.0. The molecule has 0 radical (unpaired) electrons. The predicted molar refractivity (Wildman–Crippen MR) is 154 cm³/mol. The maximum Gasteiger partial charge on any atom is 0.128 e. The summed E-state index contributed by atoms with van der Waals surface area (Å²) in [5.74, 6) is 0.976. The molecule has 6 rings (SSSR count). The van der Waals surface area contributed by atoms with Crippen LogP contribution in [0.1, 0.15) is 18.1 Å². The normalized spacial score (nSPS) is 26.1. The molecule has 0 amide bonds. The Kier molecular flexibility index (Phi) is 7.36. The van der Waals surface area contributed by atoms with Crippen molar-refractivity contribution in [1.82, 2.24) is 19.8 Å². The van der Waals surface area contributed by atoms with E-state index in [2.05, 4.69) is 61.8 Å². The zero-order valence-electron chi connectivity index (χ0n) is 22.9. The molecule has 2 aromatic heterocycles. The Hall–Kier alpha value is -3.29. The zero-order valence-corrected chi connectivity index (χ0v) is 22.9. The van der Waals surface area contributed by atoms with Gasteiger partial charge in [-0.3, -0.25) is 9.88 Å². The van der Waals surface area contributed by atoms with Crippen LogP contribution >= 0.6 is 0 Å². The van der Waals surface area contributed by atoms with E-state index < -0.39 is 0 Å². The minimum atomic E-state index is 0.0286. The van der Waals surface area contributed by atoms with Gasteiger partial charge in [-0.2, -0.15) is 5.26 Å². The summed E-state index contributed by atoms with van der Waals surface area (Å²) in [7, 11) is 1.72. The number of hydrogen-bond donors (Lipinski definition) is 1. The predicted octanol–water partition coefficient (Wildman–Crippen LogP) is 2.10. The maximum atomic E-state index is 9.56. The highest BCUT2D eigenvalue weighted by Gasteiger charge is 2.36. The van der Waals surface area contributed by atoms with Gasteiger partial charge < -0.3 is 25.2 Å². The number of pyridine rings is 2. The average molecular weight is 527 g/mol. The third kappa shape index (κ3) is 5.18. The number of fused-ring (bicyclic) bond motifs is 2. The second-order valence-corrected chi connectivity index (χ2v) is 11.2. The zero-order chi connectivity index (χ0) is 26.9. The quantitative estimate of drug-likeness (QED) is 0.518. The van der Waals surface area contributed by atoms with Gasteiger partial charge in [0.15, 0.2) is 0 Å². The van der Waals surface area contributed by atoms with Crippen molar-refractivity contribution in [2.45, 2.75) is 37.6 Å². The standard InChI is InChI=1S/C30H38N8O/c1-21-16-36(27-7-6-23(14-31)30-25(27)4-3-10-33-30)18-24-17-35(12-13-38(21)24)11-9-22-5-8-29(34-15-22)37-19-26(32)28(20-37)39-2/h3-8,10,15,21,24,26,28H,9,11-13,16-20,32H2,1-2H3/t21-,24+,26+,28+/m1/s1. The fraction of sp³-hybridized carbons (Fsp3) is 0.500. The van der Waals surface area contributed by atoms with Crippen molar-refractivity contribution in [3.8, 4) is 6.07 Å². The molecule has 0 aliphatic carbocycles. The number of ether oxygens (including phenoxy) is 1. The number of methoxy groups -OCH3 is 1. The fourth-order valence-electron chi connectivity index (χ4n) is 6.63. The Morgan fingerprint density at radius 1 is 1.03 bits per heavy atom. The van der Waals surface area contributed by atoms with Crippen molar-refractivity contribution in [3.05, 3.63) is 59.9 Å². The summed E-state index contributed by atoms with van der Waals surface area (Å²) in [4.78, 5) is 19.3. The molecule has 9 nitrogen and oxygen atoms in total. The summed E-state index contributed by atoms with van der Waals surface area (Å²) in [6.07, 6.45) is 4.85. The van der Waals surface area contributed by atoms with Crippen LogP contribution in [-0.2, 0) is 11.2 Å². The van der Waals surface area contributed by atoms with Crippen LogP contribution in [0.3, 0.4) is 0 Å². The van der Waals surface area contributed by atoms with E-state index >= 15 is 0 Å². The lowest BCUT2D eigenvalue weighted by Crippen LogP contribution is -2.65. The van der Waals surface area contributed by atoms with Gasteiger partial charge >= 0.3 is 0 Å². The van der Waals surface area contributed by atoms with Gasteiger partial charge in [0.1, 0.15) is 11.9 Å². The number of nitrogens with two attached hydrogens (primary N) is 1. The van der Waals surface area contributed by atoms with Crippen LogP contribution < -0.4 is 15.5 Å². The van der Waals surface area contributed by atoms with E-state index in [4.69, 9.17) is 15.5 Å². The Balaban J connectivity index is 1.09. The molecule has 2 N–H and O–H groups in total. The minimum absolute atomic E-state index is 0.0286. The van der Waals surface area contributed by atoms with Crippen LogP contribution in [0, 0.1) is 11.3 Å². The van der Waals surface area contributed by atoms with Crippen molar-refractivity contribution in [3.63, 3.8) is 0 Å². The second-order valence-electron chi connectivity index (χ2n) is 11.2. The lowest BCUT2D eigenvalue weighted by atomic mass is 10.0. The molecular weight excluding hydrogens is 488 g/mol. The molecule has 3 aromatic rings. The van der Waals surface area contributed by atoms with Gasteiger partial charge in [-0.1, -0.05) is 6.07 Å². The molecular formula is C30H38N8O. The Morgan fingerprint density at radius 2 is 1.92 bits per heavy atom. The van der Waals surface area contributed by atoms with Crippen LogP contribution in [0.2, 0.25) is 0 Å². The molecule has 0 spiro atoms. The third-order valence-corrected chi connectivity index (χ3v) is 8.76.